The van der Waals surface area contributed by atoms with E-state index in [0.29, 0.717) is 21.4 Å². The van der Waals surface area contributed by atoms with E-state index in [2.05, 4.69) is 10.6 Å². The van der Waals surface area contributed by atoms with Gasteiger partial charge in [-0.2, -0.15) is 0 Å². The van der Waals surface area contributed by atoms with Crippen LogP contribution in [0.2, 0.25) is 10.0 Å². The molecule has 0 aliphatic rings. The van der Waals surface area contributed by atoms with Gasteiger partial charge in [0.15, 0.2) is 19.7 Å². The molecule has 12 heteroatoms. The highest BCUT2D eigenvalue weighted by molar-refractivity contribution is 7.91. The molecule has 0 aliphatic heterocycles. The van der Waals surface area contributed by atoms with Crippen LogP contribution in [0.1, 0.15) is 12.8 Å². The topological polar surface area (TPSA) is 126 Å². The molecule has 0 unspecified atom stereocenters. The van der Waals surface area contributed by atoms with Crippen LogP contribution in [-0.2, 0) is 29.3 Å². The second-order valence-corrected chi connectivity index (χ2v) is 14.4. The lowest BCUT2D eigenvalue weighted by Crippen LogP contribution is -2.17. The minimum absolute atomic E-state index is 0.108. The Kier molecular flexibility index (Phi) is 10.1. The van der Waals surface area contributed by atoms with Crippen LogP contribution in [-0.4, -0.2) is 40.2 Å². The predicted molar refractivity (Wildman–Crippen MR) is 165 cm³/mol. The highest BCUT2D eigenvalue weighted by atomic mass is 35.5. The molecule has 4 aromatic rings. The van der Waals surface area contributed by atoms with Crippen LogP contribution in [0.3, 0.4) is 0 Å². The normalized spacial score (nSPS) is 11.6. The Morgan fingerprint density at radius 1 is 0.500 bits per heavy atom. The van der Waals surface area contributed by atoms with E-state index in [0.717, 1.165) is 11.1 Å². The van der Waals surface area contributed by atoms with Crippen molar-refractivity contribution < 1.29 is 26.4 Å². The van der Waals surface area contributed by atoms with Crippen LogP contribution in [0.5, 0.6) is 0 Å². The third-order valence-corrected chi connectivity index (χ3v) is 10.2. The van der Waals surface area contributed by atoms with Crippen molar-refractivity contribution in [2.45, 2.75) is 22.6 Å². The lowest BCUT2D eigenvalue weighted by molar-refractivity contribution is -0.116. The average Bonchev–Trinajstić information content (AvgIpc) is 2.96. The second-order valence-electron chi connectivity index (χ2n) is 9.30. The highest BCUT2D eigenvalue weighted by Crippen LogP contribution is 2.24. The lowest BCUT2D eigenvalue weighted by atomic mass is 10.0. The number of amides is 2. The van der Waals surface area contributed by atoms with Gasteiger partial charge in [-0.1, -0.05) is 47.5 Å². The molecule has 0 spiro atoms. The van der Waals surface area contributed by atoms with E-state index in [-0.39, 0.29) is 34.1 Å². The number of hydrogen-bond acceptors (Lipinski definition) is 6. The molecule has 0 heterocycles. The van der Waals surface area contributed by atoms with E-state index in [1.165, 1.54) is 48.5 Å². The smallest absolute Gasteiger partial charge is 0.225 e. The lowest BCUT2D eigenvalue weighted by Gasteiger charge is -2.09. The first-order chi connectivity index (χ1) is 19.9. The van der Waals surface area contributed by atoms with Gasteiger partial charge in [-0.15, -0.1) is 0 Å². The Bertz CT molecular complexity index is 1640. The summed E-state index contributed by atoms with van der Waals surface area (Å²) >= 11 is 11.6. The van der Waals surface area contributed by atoms with Gasteiger partial charge in [0, 0.05) is 34.3 Å². The van der Waals surface area contributed by atoms with Crippen LogP contribution >= 0.6 is 23.2 Å². The standard InChI is InChI=1S/C30H26Cl2N2O6S2/c31-23-5-13-27(14-6-23)41(37,38)19-17-29(35)33-25-9-1-21(2-10-25)22-3-11-26(12-4-22)34-30(36)18-20-42(39,40)28-15-7-24(32)8-16-28/h1-16H,17-20H2,(H,33,35)(H,34,36). The molecule has 218 valence electrons. The predicted octanol–water partition coefficient (Wildman–Crippen LogP) is 6.27. The first-order valence-corrected chi connectivity index (χ1v) is 16.7. The van der Waals surface area contributed by atoms with E-state index >= 15 is 0 Å². The largest absolute Gasteiger partial charge is 0.326 e. The molecule has 2 amide bonds. The number of anilines is 2. The zero-order chi connectivity index (χ0) is 30.3. The molecule has 0 bridgehead atoms. The van der Waals surface area contributed by atoms with Gasteiger partial charge in [-0.25, -0.2) is 16.8 Å². The fraction of sp³-hybridized carbons (Fsp3) is 0.133. The summed E-state index contributed by atoms with van der Waals surface area (Å²) in [4.78, 5) is 24.9. The minimum atomic E-state index is -3.62. The third-order valence-electron chi connectivity index (χ3n) is 6.21. The SMILES string of the molecule is O=C(CCS(=O)(=O)c1ccc(Cl)cc1)Nc1ccc(-c2ccc(NC(=O)CCS(=O)(=O)c3ccc(Cl)cc3)cc2)cc1. The summed E-state index contributed by atoms with van der Waals surface area (Å²) < 4.78 is 49.8. The van der Waals surface area contributed by atoms with Crippen LogP contribution < -0.4 is 10.6 Å². The van der Waals surface area contributed by atoms with E-state index in [4.69, 9.17) is 23.2 Å². The molecule has 0 saturated carbocycles. The summed E-state index contributed by atoms with van der Waals surface area (Å²) in [5, 5.41) is 6.25. The van der Waals surface area contributed by atoms with Crippen LogP contribution in [0.25, 0.3) is 11.1 Å². The summed E-state index contributed by atoms with van der Waals surface area (Å²) in [7, 11) is -7.24. The Labute approximate surface area is 254 Å². The number of nitrogens with one attached hydrogen (secondary N) is 2. The van der Waals surface area contributed by atoms with Crippen LogP contribution in [0.15, 0.2) is 107 Å². The number of sulfone groups is 2. The summed E-state index contributed by atoms with van der Waals surface area (Å²) in [6.07, 6.45) is -0.403. The molecule has 0 aliphatic carbocycles. The molecule has 2 N–H and O–H groups in total. The van der Waals surface area contributed by atoms with E-state index in [9.17, 15) is 26.4 Å². The van der Waals surface area contributed by atoms with Crippen molar-refractivity contribution in [3.63, 3.8) is 0 Å². The van der Waals surface area contributed by atoms with Crippen molar-refractivity contribution in [2.75, 3.05) is 22.1 Å². The summed E-state index contributed by atoms with van der Waals surface area (Å²) in [5.74, 6) is -1.53. The molecule has 42 heavy (non-hydrogen) atoms. The van der Waals surface area contributed by atoms with Crippen molar-refractivity contribution in [2.24, 2.45) is 0 Å². The molecule has 0 atom stereocenters. The number of carbonyl (C=O) groups is 2. The molecule has 0 aromatic heterocycles. The molecule has 0 fully saturated rings. The zero-order valence-corrected chi connectivity index (χ0v) is 25.2. The third kappa shape index (κ3) is 8.65. The van der Waals surface area contributed by atoms with E-state index in [1.807, 2.05) is 0 Å². The van der Waals surface area contributed by atoms with Crippen molar-refractivity contribution in [1.29, 1.82) is 0 Å². The number of halogens is 2. The van der Waals surface area contributed by atoms with Crippen molar-refractivity contribution in [3.05, 3.63) is 107 Å². The van der Waals surface area contributed by atoms with Crippen molar-refractivity contribution >= 4 is 66.1 Å². The minimum Gasteiger partial charge on any atom is -0.326 e. The van der Waals surface area contributed by atoms with Gasteiger partial charge in [-0.3, -0.25) is 9.59 Å². The van der Waals surface area contributed by atoms with E-state index in [1.54, 1.807) is 48.5 Å². The molecule has 0 radical (unpaired) electrons. The van der Waals surface area contributed by atoms with Gasteiger partial charge in [0.25, 0.3) is 0 Å². The first kappa shape index (κ1) is 31.2. The fourth-order valence-electron chi connectivity index (χ4n) is 3.91. The maximum absolute atomic E-state index is 12.4. The maximum atomic E-state index is 12.4. The van der Waals surface area contributed by atoms with Crippen molar-refractivity contribution in [3.8, 4) is 11.1 Å². The van der Waals surface area contributed by atoms with Crippen LogP contribution in [0, 0.1) is 0 Å². The monoisotopic (exact) mass is 644 g/mol. The summed E-state index contributed by atoms with van der Waals surface area (Å²) in [6, 6.07) is 25.6. The summed E-state index contributed by atoms with van der Waals surface area (Å²) in [5.41, 5.74) is 2.74. The zero-order valence-electron chi connectivity index (χ0n) is 22.1. The van der Waals surface area contributed by atoms with Crippen molar-refractivity contribution in [1.82, 2.24) is 0 Å². The van der Waals surface area contributed by atoms with E-state index < -0.39 is 31.5 Å². The Morgan fingerprint density at radius 3 is 1.12 bits per heavy atom. The number of benzene rings is 4. The maximum Gasteiger partial charge on any atom is 0.225 e. The van der Waals surface area contributed by atoms with Gasteiger partial charge >= 0.3 is 0 Å². The molecule has 0 saturated heterocycles. The van der Waals surface area contributed by atoms with Gasteiger partial charge in [0.2, 0.25) is 11.8 Å². The second kappa shape index (κ2) is 13.5. The first-order valence-electron chi connectivity index (χ1n) is 12.7. The molecule has 8 nitrogen and oxygen atoms in total. The molecular weight excluding hydrogens is 619 g/mol. The molecule has 4 rings (SSSR count). The Morgan fingerprint density at radius 2 is 0.810 bits per heavy atom. The molecular formula is C30H26Cl2N2O6S2. The number of rotatable bonds is 11. The average molecular weight is 646 g/mol. The Hall–Kier alpha value is -3.70. The quantitative estimate of drug-likeness (QED) is 0.198. The van der Waals surface area contributed by atoms with Gasteiger partial charge < -0.3 is 10.6 Å². The molecule has 4 aromatic carbocycles. The van der Waals surface area contributed by atoms with Crippen LogP contribution in [0.4, 0.5) is 11.4 Å². The van der Waals surface area contributed by atoms with Gasteiger partial charge in [0.1, 0.15) is 0 Å². The summed E-state index contributed by atoms with van der Waals surface area (Å²) in [6.45, 7) is 0. The number of carbonyl (C=O) groups excluding carboxylic acids is 2. The number of hydrogen-bond donors (Lipinski definition) is 2. The van der Waals surface area contributed by atoms with Gasteiger partial charge in [0.05, 0.1) is 21.3 Å². The highest BCUT2D eigenvalue weighted by Gasteiger charge is 2.18. The fourth-order valence-corrected chi connectivity index (χ4v) is 6.65. The van der Waals surface area contributed by atoms with Gasteiger partial charge in [-0.05, 0) is 83.9 Å². The Balaban J connectivity index is 1.27.